The van der Waals surface area contributed by atoms with Crippen LogP contribution in [-0.2, 0) is 0 Å². The summed E-state index contributed by atoms with van der Waals surface area (Å²) >= 11 is 0. The fourth-order valence-electron chi connectivity index (χ4n) is 2.90. The van der Waals surface area contributed by atoms with E-state index in [0.29, 0.717) is 22.1 Å². The molecule has 0 saturated carbocycles. The summed E-state index contributed by atoms with van der Waals surface area (Å²) in [7, 11) is 1.45. The Morgan fingerprint density at radius 1 is 1.22 bits per heavy atom. The Kier molecular flexibility index (Phi) is 5.12. The Balaban J connectivity index is 2.20. The third-order valence-corrected chi connectivity index (χ3v) is 4.22. The number of hydrogen-bond donors (Lipinski definition) is 1. The first-order valence-electron chi connectivity index (χ1n) is 8.44. The lowest BCUT2D eigenvalue weighted by Gasteiger charge is -2.23. The average Bonchev–Trinajstić information content (AvgIpc) is 3.16. The maximum Gasteiger partial charge on any atom is 0.338 e. The smallest absolute Gasteiger partial charge is 0.338 e. The number of nitrogens with zero attached hydrogens (tertiary/aromatic N) is 3. The number of aromatic carboxylic acids is 1. The van der Waals surface area contributed by atoms with Crippen LogP contribution in [0.4, 0.5) is 16.0 Å². The van der Waals surface area contributed by atoms with Crippen LogP contribution in [0, 0.1) is 0 Å². The van der Waals surface area contributed by atoms with E-state index in [1.165, 1.54) is 30.1 Å². The van der Waals surface area contributed by atoms with E-state index in [-0.39, 0.29) is 23.0 Å². The zero-order chi connectivity index (χ0) is 19.6. The van der Waals surface area contributed by atoms with Crippen LogP contribution in [0.2, 0.25) is 0 Å². The van der Waals surface area contributed by atoms with E-state index in [1.807, 2.05) is 32.0 Å². The minimum atomic E-state index is -1.24. The fraction of sp³-hybridized carbons (Fsp3) is 0.200. The minimum Gasteiger partial charge on any atom is -0.497 e. The molecule has 2 aromatic carbocycles. The summed E-state index contributed by atoms with van der Waals surface area (Å²) in [5, 5.41) is 14.2. The number of aromatic nitrogens is 2. The molecule has 0 spiro atoms. The van der Waals surface area contributed by atoms with Crippen LogP contribution < -0.4 is 9.86 Å². The Morgan fingerprint density at radius 3 is 2.52 bits per heavy atom. The molecule has 3 rings (SSSR count). The maximum atomic E-state index is 15.6. The largest absolute Gasteiger partial charge is 0.497 e. The molecule has 0 saturated heterocycles. The van der Waals surface area contributed by atoms with Gasteiger partial charge in [-0.2, -0.15) is 10.2 Å². The van der Waals surface area contributed by atoms with Crippen LogP contribution in [0.1, 0.15) is 35.7 Å². The lowest BCUT2D eigenvalue weighted by molar-refractivity contribution is 0.0696. The van der Waals surface area contributed by atoms with Gasteiger partial charge in [0.05, 0.1) is 30.2 Å². The minimum absolute atomic E-state index is 0.0315. The quantitative estimate of drug-likeness (QED) is 0.637. The number of para-hydroxylation sites is 1. The lowest BCUT2D eigenvalue weighted by atomic mass is 9.96. The summed E-state index contributed by atoms with van der Waals surface area (Å²) in [6.45, 7) is 3.73. The summed E-state index contributed by atoms with van der Waals surface area (Å²) in [4.78, 5) is 11.8. The highest BCUT2D eigenvalue weighted by atomic mass is 19.2. The van der Waals surface area contributed by atoms with Crippen molar-refractivity contribution in [2.24, 2.45) is 0 Å². The van der Waals surface area contributed by atoms with Gasteiger partial charge in [0.2, 0.25) is 0 Å². The Hall–Kier alpha value is -3.35. The molecule has 1 aromatic heterocycles. The van der Waals surface area contributed by atoms with Crippen LogP contribution in [0.3, 0.4) is 0 Å². The van der Waals surface area contributed by atoms with E-state index in [9.17, 15) is 9.90 Å². The summed E-state index contributed by atoms with van der Waals surface area (Å²) in [6, 6.07) is 13.5. The second kappa shape index (κ2) is 7.49. The molecule has 1 N–H and O–H groups in total. The molecule has 0 aliphatic rings. The van der Waals surface area contributed by atoms with Gasteiger partial charge in [-0.1, -0.05) is 36.5 Å². The normalized spacial score (nSPS) is 10.9. The van der Waals surface area contributed by atoms with E-state index in [0.717, 1.165) is 0 Å². The summed E-state index contributed by atoms with van der Waals surface area (Å²) in [6.07, 6.45) is 1.47. The van der Waals surface area contributed by atoms with Gasteiger partial charge in [0, 0.05) is 6.07 Å². The molecule has 0 fully saturated rings. The van der Waals surface area contributed by atoms with Crippen molar-refractivity contribution in [1.82, 2.24) is 9.78 Å². The maximum absolute atomic E-state index is 15.6. The van der Waals surface area contributed by atoms with Crippen molar-refractivity contribution >= 4 is 17.5 Å². The van der Waals surface area contributed by atoms with Crippen LogP contribution in [0.5, 0.6) is 5.75 Å². The van der Waals surface area contributed by atoms with Crippen molar-refractivity contribution < 1.29 is 19.1 Å². The van der Waals surface area contributed by atoms with Crippen LogP contribution in [0.15, 0.2) is 54.7 Å². The molecule has 0 aliphatic carbocycles. The second-order valence-electron chi connectivity index (χ2n) is 6.29. The number of hydrogen-bond acceptors (Lipinski definition) is 4. The number of halogens is 1. The highest BCUT2D eigenvalue weighted by molar-refractivity contribution is 5.97. The first-order chi connectivity index (χ1) is 12.9. The van der Waals surface area contributed by atoms with Crippen LogP contribution in [0.25, 0.3) is 5.69 Å². The van der Waals surface area contributed by atoms with Gasteiger partial charge in [-0.25, -0.2) is 9.48 Å². The topological polar surface area (TPSA) is 67.6 Å². The molecule has 140 valence electrons. The molecule has 7 heteroatoms. The standard InChI is InChI=1S/C20H20FN3O3/c1-13(2)16-11-15(27-3)12-17(20(25)26)19(16)23(21)18-9-10-22-24(18)14-7-5-4-6-8-14/h4-13H,1-3H3,(H,25,26). The second-order valence-corrected chi connectivity index (χ2v) is 6.29. The number of carboxylic acids is 1. The summed E-state index contributed by atoms with van der Waals surface area (Å²) < 4.78 is 22.2. The van der Waals surface area contributed by atoms with Crippen molar-refractivity contribution in [3.8, 4) is 11.4 Å². The third-order valence-electron chi connectivity index (χ3n) is 4.22. The van der Waals surface area contributed by atoms with E-state index >= 15 is 4.48 Å². The van der Waals surface area contributed by atoms with Gasteiger partial charge in [-0.05, 0) is 35.7 Å². The third kappa shape index (κ3) is 3.48. The SMILES string of the molecule is COc1cc(C(=O)O)c(N(F)c2ccnn2-c2ccccc2)c(C(C)C)c1. The Bertz CT molecular complexity index is 954. The molecule has 6 nitrogen and oxygen atoms in total. The zero-order valence-corrected chi connectivity index (χ0v) is 15.3. The number of ether oxygens (including phenoxy) is 1. The van der Waals surface area contributed by atoms with Crippen LogP contribution in [-0.4, -0.2) is 28.0 Å². The first kappa shape index (κ1) is 18.4. The summed E-state index contributed by atoms with van der Waals surface area (Å²) in [5.41, 5.74) is 0.976. The van der Waals surface area contributed by atoms with Gasteiger partial charge >= 0.3 is 5.97 Å². The van der Waals surface area contributed by atoms with E-state index in [4.69, 9.17) is 4.74 Å². The molecule has 27 heavy (non-hydrogen) atoms. The molecule has 0 radical (unpaired) electrons. The molecular weight excluding hydrogens is 349 g/mol. The zero-order valence-electron chi connectivity index (χ0n) is 15.3. The molecule has 0 atom stereocenters. The number of rotatable bonds is 6. The van der Waals surface area contributed by atoms with Crippen molar-refractivity contribution in [3.05, 3.63) is 65.9 Å². The highest BCUT2D eigenvalue weighted by Gasteiger charge is 2.26. The van der Waals surface area contributed by atoms with Crippen LogP contribution >= 0.6 is 0 Å². The van der Waals surface area contributed by atoms with Crippen molar-refractivity contribution in [2.75, 3.05) is 12.2 Å². The molecule has 0 aliphatic heterocycles. The average molecular weight is 369 g/mol. The van der Waals surface area contributed by atoms with Crippen molar-refractivity contribution in [1.29, 1.82) is 0 Å². The van der Waals surface area contributed by atoms with Gasteiger partial charge in [0.1, 0.15) is 5.75 Å². The van der Waals surface area contributed by atoms with Crippen molar-refractivity contribution in [2.45, 2.75) is 19.8 Å². The highest BCUT2D eigenvalue weighted by Crippen LogP contribution is 2.39. The number of methoxy groups -OCH3 is 1. The monoisotopic (exact) mass is 369 g/mol. The first-order valence-corrected chi connectivity index (χ1v) is 8.44. The predicted octanol–water partition coefficient (Wildman–Crippen LogP) is 4.73. The molecular formula is C20H20FN3O3. The lowest BCUT2D eigenvalue weighted by Crippen LogP contribution is -2.16. The molecule has 0 amide bonds. The fourth-order valence-corrected chi connectivity index (χ4v) is 2.90. The van der Waals surface area contributed by atoms with Gasteiger partial charge in [-0.3, -0.25) is 0 Å². The van der Waals surface area contributed by atoms with E-state index in [1.54, 1.807) is 18.2 Å². The predicted molar refractivity (Wildman–Crippen MR) is 101 cm³/mol. The van der Waals surface area contributed by atoms with Gasteiger partial charge < -0.3 is 9.84 Å². The molecule has 3 aromatic rings. The van der Waals surface area contributed by atoms with Gasteiger partial charge in [0.15, 0.2) is 5.82 Å². The number of carboxylic acid groups (broad SMARTS) is 1. The number of carbonyl (C=O) groups is 1. The number of benzene rings is 2. The van der Waals surface area contributed by atoms with Gasteiger partial charge in [-0.15, -0.1) is 0 Å². The Labute approximate surface area is 156 Å². The van der Waals surface area contributed by atoms with E-state index in [2.05, 4.69) is 5.10 Å². The summed E-state index contributed by atoms with van der Waals surface area (Å²) in [5.74, 6) is -0.889. The Morgan fingerprint density at radius 2 is 1.93 bits per heavy atom. The van der Waals surface area contributed by atoms with Crippen molar-refractivity contribution in [3.63, 3.8) is 0 Å². The molecule has 0 unspecified atom stereocenters. The molecule has 1 heterocycles. The van der Waals surface area contributed by atoms with Gasteiger partial charge in [0.25, 0.3) is 0 Å². The molecule has 0 bridgehead atoms. The number of anilines is 2. The van der Waals surface area contributed by atoms with E-state index < -0.39 is 5.97 Å².